The fourth-order valence-electron chi connectivity index (χ4n) is 1.17. The lowest BCUT2D eigenvalue weighted by atomic mass is 10.4. The van der Waals surface area contributed by atoms with Crippen LogP contribution in [0.3, 0.4) is 0 Å². The molecule has 0 atom stereocenters. The Morgan fingerprint density at radius 2 is 2.00 bits per heavy atom. The lowest BCUT2D eigenvalue weighted by Gasteiger charge is -2.04. The van der Waals surface area contributed by atoms with Crippen LogP contribution in [0.2, 0.25) is 10.0 Å². The third-order valence-corrected chi connectivity index (χ3v) is 3.65. The van der Waals surface area contributed by atoms with Gasteiger partial charge in [0.25, 0.3) is 0 Å². The van der Waals surface area contributed by atoms with Crippen LogP contribution in [0.5, 0.6) is 0 Å². The first-order chi connectivity index (χ1) is 8.19. The van der Waals surface area contributed by atoms with Crippen molar-refractivity contribution >= 4 is 35.0 Å². The molecule has 2 rings (SSSR count). The number of nitrogens with two attached hydrogens (primary N) is 1. The van der Waals surface area contributed by atoms with Crippen LogP contribution in [0.15, 0.2) is 40.5 Å². The molecule has 0 saturated carbocycles. The van der Waals surface area contributed by atoms with Gasteiger partial charge in [0.05, 0.1) is 23.1 Å². The van der Waals surface area contributed by atoms with Gasteiger partial charge in [-0.05, 0) is 18.2 Å². The van der Waals surface area contributed by atoms with Crippen LogP contribution in [0, 0.1) is 0 Å². The molecule has 1 aromatic heterocycles. The molecule has 0 unspecified atom stereocenters. The molecule has 0 fully saturated rings. The molecule has 6 heteroatoms. The fourth-order valence-corrected chi connectivity index (χ4v) is 2.43. The van der Waals surface area contributed by atoms with Crippen molar-refractivity contribution in [2.75, 3.05) is 0 Å². The molecule has 0 spiro atoms. The summed E-state index contributed by atoms with van der Waals surface area (Å²) in [5.74, 6) is 0. The smallest absolute Gasteiger partial charge is 0.119 e. The molecule has 2 N–H and O–H groups in total. The first-order valence-corrected chi connectivity index (χ1v) is 6.40. The summed E-state index contributed by atoms with van der Waals surface area (Å²) in [4.78, 5) is 9.25. The van der Waals surface area contributed by atoms with E-state index in [0.29, 0.717) is 16.6 Å². The summed E-state index contributed by atoms with van der Waals surface area (Å²) in [5, 5.41) is 2.04. The molecule has 0 bridgehead atoms. The molecule has 17 heavy (non-hydrogen) atoms. The van der Waals surface area contributed by atoms with Crippen molar-refractivity contribution in [1.82, 2.24) is 9.97 Å². The number of aromatic nitrogens is 2. The predicted molar refractivity (Wildman–Crippen MR) is 70.5 cm³/mol. The minimum absolute atomic E-state index is 0.385. The number of benzene rings is 1. The maximum Gasteiger partial charge on any atom is 0.119 e. The minimum Gasteiger partial charge on any atom is -0.325 e. The first-order valence-electron chi connectivity index (χ1n) is 4.83. The highest BCUT2D eigenvalue weighted by molar-refractivity contribution is 7.99. The van der Waals surface area contributed by atoms with Crippen LogP contribution >= 0.6 is 35.0 Å². The van der Waals surface area contributed by atoms with Crippen LogP contribution in [0.25, 0.3) is 0 Å². The van der Waals surface area contributed by atoms with Gasteiger partial charge in [-0.3, -0.25) is 4.98 Å². The fraction of sp³-hybridized carbons (Fsp3) is 0.0909. The largest absolute Gasteiger partial charge is 0.325 e. The molecule has 0 aliphatic rings. The Morgan fingerprint density at radius 3 is 2.65 bits per heavy atom. The highest BCUT2D eigenvalue weighted by Crippen LogP contribution is 2.33. The van der Waals surface area contributed by atoms with Gasteiger partial charge in [0.2, 0.25) is 0 Å². The standard InChI is InChI=1S/C11H9Cl2N3S/c12-7-1-2-9(13)10(3-7)17-11-6-15-8(4-14)5-16-11/h1-3,5-6H,4,14H2. The van der Waals surface area contributed by atoms with E-state index in [1.807, 2.05) is 0 Å². The number of halogens is 2. The van der Waals surface area contributed by atoms with Gasteiger partial charge in [-0.2, -0.15) is 0 Å². The summed E-state index contributed by atoms with van der Waals surface area (Å²) in [6.07, 6.45) is 3.32. The van der Waals surface area contributed by atoms with Gasteiger partial charge in [0.15, 0.2) is 0 Å². The van der Waals surface area contributed by atoms with E-state index < -0.39 is 0 Å². The van der Waals surface area contributed by atoms with Crippen molar-refractivity contribution in [3.63, 3.8) is 0 Å². The second-order valence-electron chi connectivity index (χ2n) is 3.23. The van der Waals surface area contributed by atoms with Gasteiger partial charge in [0, 0.05) is 16.5 Å². The quantitative estimate of drug-likeness (QED) is 0.939. The molecule has 1 heterocycles. The van der Waals surface area contributed by atoms with Gasteiger partial charge in [-0.15, -0.1) is 0 Å². The normalized spacial score (nSPS) is 10.5. The third-order valence-electron chi connectivity index (χ3n) is 2.00. The minimum atomic E-state index is 0.385. The van der Waals surface area contributed by atoms with Gasteiger partial charge in [-0.25, -0.2) is 4.98 Å². The van der Waals surface area contributed by atoms with Crippen LogP contribution in [-0.2, 0) is 6.54 Å². The number of rotatable bonds is 3. The molecule has 0 aliphatic heterocycles. The Morgan fingerprint density at radius 1 is 1.18 bits per heavy atom. The van der Waals surface area contributed by atoms with Crippen molar-refractivity contribution in [2.24, 2.45) is 5.73 Å². The molecular formula is C11H9Cl2N3S. The zero-order valence-electron chi connectivity index (χ0n) is 8.73. The first kappa shape index (κ1) is 12.6. The van der Waals surface area contributed by atoms with E-state index in [4.69, 9.17) is 28.9 Å². The monoisotopic (exact) mass is 285 g/mol. The van der Waals surface area contributed by atoms with Gasteiger partial charge in [-0.1, -0.05) is 35.0 Å². The molecule has 1 aromatic carbocycles. The third kappa shape index (κ3) is 3.33. The van der Waals surface area contributed by atoms with E-state index in [-0.39, 0.29) is 0 Å². The molecule has 2 aromatic rings. The Kier molecular flexibility index (Phi) is 4.23. The van der Waals surface area contributed by atoms with E-state index in [0.717, 1.165) is 15.6 Å². The van der Waals surface area contributed by atoms with E-state index >= 15 is 0 Å². The maximum absolute atomic E-state index is 6.06. The molecule has 0 aliphatic carbocycles. The Hall–Kier alpha value is -0.810. The van der Waals surface area contributed by atoms with Crippen molar-refractivity contribution in [2.45, 2.75) is 16.5 Å². The Labute approximate surface area is 113 Å². The van der Waals surface area contributed by atoms with Crippen molar-refractivity contribution in [1.29, 1.82) is 0 Å². The summed E-state index contributed by atoms with van der Waals surface area (Å²) in [5.41, 5.74) is 6.20. The Balaban J connectivity index is 2.22. The van der Waals surface area contributed by atoms with Crippen LogP contribution in [-0.4, -0.2) is 9.97 Å². The SMILES string of the molecule is NCc1cnc(Sc2cc(Cl)ccc2Cl)cn1. The lowest BCUT2D eigenvalue weighted by Crippen LogP contribution is -1.99. The molecule has 0 saturated heterocycles. The maximum atomic E-state index is 6.06. The summed E-state index contributed by atoms with van der Waals surface area (Å²) in [6.45, 7) is 0.385. The lowest BCUT2D eigenvalue weighted by molar-refractivity contribution is 0.923. The molecule has 3 nitrogen and oxygen atoms in total. The molecule has 0 radical (unpaired) electrons. The summed E-state index contributed by atoms with van der Waals surface area (Å²) in [6, 6.07) is 5.30. The second-order valence-corrected chi connectivity index (χ2v) is 5.13. The summed E-state index contributed by atoms with van der Waals surface area (Å²) >= 11 is 13.4. The number of hydrogen-bond donors (Lipinski definition) is 1. The highest BCUT2D eigenvalue weighted by Gasteiger charge is 2.05. The predicted octanol–water partition coefficient (Wildman–Crippen LogP) is 3.39. The zero-order chi connectivity index (χ0) is 12.3. The van der Waals surface area contributed by atoms with E-state index in [1.165, 1.54) is 11.8 Å². The van der Waals surface area contributed by atoms with E-state index in [2.05, 4.69) is 9.97 Å². The molecule has 0 amide bonds. The Bertz CT molecular complexity index is 517. The number of hydrogen-bond acceptors (Lipinski definition) is 4. The van der Waals surface area contributed by atoms with Crippen molar-refractivity contribution < 1.29 is 0 Å². The van der Waals surface area contributed by atoms with Crippen LogP contribution in [0.1, 0.15) is 5.69 Å². The second kappa shape index (κ2) is 5.69. The zero-order valence-corrected chi connectivity index (χ0v) is 11.1. The number of nitrogens with zero attached hydrogens (tertiary/aromatic N) is 2. The molecular weight excluding hydrogens is 277 g/mol. The highest BCUT2D eigenvalue weighted by atomic mass is 35.5. The van der Waals surface area contributed by atoms with Crippen molar-refractivity contribution in [3.8, 4) is 0 Å². The van der Waals surface area contributed by atoms with Crippen LogP contribution in [0.4, 0.5) is 0 Å². The van der Waals surface area contributed by atoms with Gasteiger partial charge < -0.3 is 5.73 Å². The summed E-state index contributed by atoms with van der Waals surface area (Å²) in [7, 11) is 0. The van der Waals surface area contributed by atoms with Crippen LogP contribution < -0.4 is 5.73 Å². The summed E-state index contributed by atoms with van der Waals surface area (Å²) < 4.78 is 0. The van der Waals surface area contributed by atoms with Crippen molar-refractivity contribution in [3.05, 3.63) is 46.3 Å². The van der Waals surface area contributed by atoms with E-state index in [1.54, 1.807) is 30.6 Å². The average Bonchev–Trinajstić information content (AvgIpc) is 2.35. The van der Waals surface area contributed by atoms with E-state index in [9.17, 15) is 0 Å². The topological polar surface area (TPSA) is 51.8 Å². The van der Waals surface area contributed by atoms with Gasteiger partial charge >= 0.3 is 0 Å². The molecule has 88 valence electrons. The average molecular weight is 286 g/mol. The van der Waals surface area contributed by atoms with Gasteiger partial charge in [0.1, 0.15) is 5.03 Å².